The summed E-state index contributed by atoms with van der Waals surface area (Å²) in [7, 11) is 0. The molecule has 2 N–H and O–H groups in total. The quantitative estimate of drug-likeness (QED) is 0.896. The number of benzene rings is 1. The molecule has 5 heteroatoms. The lowest BCUT2D eigenvalue weighted by molar-refractivity contribution is -0.143. The Morgan fingerprint density at radius 3 is 2.45 bits per heavy atom. The van der Waals surface area contributed by atoms with Crippen LogP contribution in [0.25, 0.3) is 0 Å². The number of hydrogen-bond acceptors (Lipinski definition) is 3. The number of carboxylic acid groups (broad SMARTS) is 1. The summed E-state index contributed by atoms with van der Waals surface area (Å²) < 4.78 is 0. The van der Waals surface area contributed by atoms with Gasteiger partial charge in [0.05, 0.1) is 12.0 Å². The summed E-state index contributed by atoms with van der Waals surface area (Å²) in [5.41, 5.74) is 3.05. The summed E-state index contributed by atoms with van der Waals surface area (Å²) in [6, 6.07) is 5.69. The molecule has 0 aliphatic carbocycles. The number of nitrogens with zero attached hydrogens (tertiary/aromatic N) is 1. The Hall–Kier alpha value is -1.88. The van der Waals surface area contributed by atoms with Gasteiger partial charge in [0.2, 0.25) is 5.91 Å². The normalized spacial score (nSPS) is 18.0. The number of anilines is 1. The van der Waals surface area contributed by atoms with E-state index in [1.165, 1.54) is 5.56 Å². The number of amides is 1. The zero-order valence-corrected chi connectivity index (χ0v) is 13.4. The fraction of sp³-hybridized carbons (Fsp3) is 0.529. The van der Waals surface area contributed by atoms with Crippen molar-refractivity contribution in [3.63, 3.8) is 0 Å². The maximum absolute atomic E-state index is 12.4. The van der Waals surface area contributed by atoms with Gasteiger partial charge >= 0.3 is 5.97 Å². The van der Waals surface area contributed by atoms with E-state index < -0.39 is 5.97 Å². The molecule has 0 saturated carbocycles. The molecule has 1 amide bonds. The van der Waals surface area contributed by atoms with Gasteiger partial charge in [-0.2, -0.15) is 0 Å². The van der Waals surface area contributed by atoms with Crippen LogP contribution in [0.1, 0.15) is 30.9 Å². The van der Waals surface area contributed by atoms with Crippen LogP contribution >= 0.6 is 0 Å². The van der Waals surface area contributed by atoms with Crippen molar-refractivity contribution in [3.05, 3.63) is 29.3 Å². The lowest BCUT2D eigenvalue weighted by Crippen LogP contribution is -2.47. The predicted molar refractivity (Wildman–Crippen MR) is 85.9 cm³/mol. The Bertz CT molecular complexity index is 563. The van der Waals surface area contributed by atoms with Crippen molar-refractivity contribution in [2.45, 2.75) is 39.7 Å². The molecule has 1 saturated heterocycles. The van der Waals surface area contributed by atoms with Gasteiger partial charge in [-0.3, -0.25) is 14.5 Å². The molecule has 1 aromatic rings. The summed E-state index contributed by atoms with van der Waals surface area (Å²) in [6.45, 7) is 7.18. The molecule has 2 rings (SSSR count). The Kier molecular flexibility index (Phi) is 5.19. The van der Waals surface area contributed by atoms with Gasteiger partial charge in [0, 0.05) is 5.69 Å². The zero-order chi connectivity index (χ0) is 16.3. The van der Waals surface area contributed by atoms with E-state index in [4.69, 9.17) is 5.11 Å². The van der Waals surface area contributed by atoms with Gasteiger partial charge in [-0.1, -0.05) is 17.7 Å². The molecule has 1 heterocycles. The minimum Gasteiger partial charge on any atom is -0.481 e. The molecule has 120 valence electrons. The molecule has 1 aliphatic heterocycles. The number of aliphatic carboxylic acids is 1. The molecule has 0 radical (unpaired) electrons. The molecular formula is C17H24N2O3. The van der Waals surface area contributed by atoms with Gasteiger partial charge < -0.3 is 10.4 Å². The second-order valence-corrected chi connectivity index (χ2v) is 6.13. The average molecular weight is 304 g/mol. The lowest BCUT2D eigenvalue weighted by Gasteiger charge is -2.33. The topological polar surface area (TPSA) is 69.6 Å². The molecule has 1 atom stereocenters. The Balaban J connectivity index is 1.94. The van der Waals surface area contributed by atoms with Crippen LogP contribution in [-0.4, -0.2) is 41.0 Å². The minimum absolute atomic E-state index is 0.0410. The van der Waals surface area contributed by atoms with E-state index in [9.17, 15) is 9.59 Å². The highest BCUT2D eigenvalue weighted by Crippen LogP contribution is 2.21. The van der Waals surface area contributed by atoms with Crippen molar-refractivity contribution < 1.29 is 14.7 Å². The molecule has 22 heavy (non-hydrogen) atoms. The maximum atomic E-state index is 12.4. The summed E-state index contributed by atoms with van der Waals surface area (Å²) in [5.74, 6) is -1.04. The third-order valence-corrected chi connectivity index (χ3v) is 4.45. The second-order valence-electron chi connectivity index (χ2n) is 6.13. The van der Waals surface area contributed by atoms with Gasteiger partial charge in [0.25, 0.3) is 0 Å². The number of nitrogens with one attached hydrogen (secondary N) is 1. The smallest absolute Gasteiger partial charge is 0.306 e. The molecule has 1 fully saturated rings. The summed E-state index contributed by atoms with van der Waals surface area (Å²) in [4.78, 5) is 25.4. The van der Waals surface area contributed by atoms with Crippen molar-refractivity contribution >= 4 is 17.6 Å². The van der Waals surface area contributed by atoms with Crippen LogP contribution in [0.5, 0.6) is 0 Å². The Morgan fingerprint density at radius 2 is 1.91 bits per heavy atom. The maximum Gasteiger partial charge on any atom is 0.306 e. The largest absolute Gasteiger partial charge is 0.481 e. The van der Waals surface area contributed by atoms with Crippen LogP contribution in [0.4, 0.5) is 5.69 Å². The van der Waals surface area contributed by atoms with Crippen molar-refractivity contribution in [1.29, 1.82) is 0 Å². The minimum atomic E-state index is -0.730. The SMILES string of the molecule is Cc1ccc(NC(=O)C(C)N2CCC(C(=O)O)CC2)c(C)c1. The summed E-state index contributed by atoms with van der Waals surface area (Å²) >= 11 is 0. The number of carbonyl (C=O) groups is 2. The predicted octanol–water partition coefficient (Wildman–Crippen LogP) is 2.43. The summed E-state index contributed by atoms with van der Waals surface area (Å²) in [6.07, 6.45) is 1.22. The highest BCUT2D eigenvalue weighted by Gasteiger charge is 2.29. The van der Waals surface area contributed by atoms with Gasteiger partial charge in [0.1, 0.15) is 0 Å². The lowest BCUT2D eigenvalue weighted by atomic mass is 9.96. The van der Waals surface area contributed by atoms with Crippen LogP contribution in [-0.2, 0) is 9.59 Å². The van der Waals surface area contributed by atoms with Crippen LogP contribution in [0, 0.1) is 19.8 Å². The fourth-order valence-corrected chi connectivity index (χ4v) is 2.89. The van der Waals surface area contributed by atoms with Crippen molar-refractivity contribution in [2.24, 2.45) is 5.92 Å². The molecule has 0 aromatic heterocycles. The molecule has 5 nitrogen and oxygen atoms in total. The Morgan fingerprint density at radius 1 is 1.27 bits per heavy atom. The standard InChI is InChI=1S/C17H24N2O3/c1-11-4-5-15(12(2)10-11)18-16(20)13(3)19-8-6-14(7-9-19)17(21)22/h4-5,10,13-14H,6-9H2,1-3H3,(H,18,20)(H,21,22). The number of aryl methyl sites for hydroxylation is 2. The van der Waals surface area contributed by atoms with E-state index in [2.05, 4.69) is 10.2 Å². The molecule has 0 spiro atoms. The number of rotatable bonds is 4. The van der Waals surface area contributed by atoms with Crippen LogP contribution < -0.4 is 5.32 Å². The van der Waals surface area contributed by atoms with Crippen molar-refractivity contribution in [3.8, 4) is 0 Å². The van der Waals surface area contributed by atoms with E-state index in [0.29, 0.717) is 25.9 Å². The zero-order valence-electron chi connectivity index (χ0n) is 13.4. The van der Waals surface area contributed by atoms with Crippen molar-refractivity contribution in [1.82, 2.24) is 4.90 Å². The van der Waals surface area contributed by atoms with Gasteiger partial charge in [-0.25, -0.2) is 0 Å². The molecule has 0 bridgehead atoms. The Labute approximate surface area is 131 Å². The first-order valence-electron chi connectivity index (χ1n) is 7.73. The number of likely N-dealkylation sites (tertiary alicyclic amines) is 1. The number of hydrogen-bond donors (Lipinski definition) is 2. The first kappa shape index (κ1) is 16.5. The van der Waals surface area contributed by atoms with E-state index in [-0.39, 0.29) is 17.9 Å². The first-order chi connectivity index (χ1) is 10.4. The fourth-order valence-electron chi connectivity index (χ4n) is 2.89. The number of carboxylic acids is 1. The highest BCUT2D eigenvalue weighted by molar-refractivity contribution is 5.95. The highest BCUT2D eigenvalue weighted by atomic mass is 16.4. The molecule has 1 aliphatic rings. The number of piperidine rings is 1. The molecular weight excluding hydrogens is 280 g/mol. The van der Waals surface area contributed by atoms with E-state index in [1.807, 2.05) is 39.0 Å². The van der Waals surface area contributed by atoms with Gasteiger partial charge in [0.15, 0.2) is 0 Å². The average Bonchev–Trinajstić information content (AvgIpc) is 2.49. The number of carbonyl (C=O) groups excluding carboxylic acids is 1. The van der Waals surface area contributed by atoms with Crippen LogP contribution in [0.3, 0.4) is 0 Å². The van der Waals surface area contributed by atoms with Crippen molar-refractivity contribution in [2.75, 3.05) is 18.4 Å². The molecule has 1 unspecified atom stereocenters. The molecule has 1 aromatic carbocycles. The third-order valence-electron chi connectivity index (χ3n) is 4.45. The second kappa shape index (κ2) is 6.92. The van der Waals surface area contributed by atoms with Gasteiger partial charge in [-0.15, -0.1) is 0 Å². The summed E-state index contributed by atoms with van der Waals surface area (Å²) in [5, 5.41) is 12.0. The monoisotopic (exact) mass is 304 g/mol. The van der Waals surface area contributed by atoms with E-state index >= 15 is 0 Å². The van der Waals surface area contributed by atoms with E-state index in [0.717, 1.165) is 11.3 Å². The first-order valence-corrected chi connectivity index (χ1v) is 7.73. The third kappa shape index (κ3) is 3.85. The van der Waals surface area contributed by atoms with E-state index in [1.54, 1.807) is 0 Å². The van der Waals surface area contributed by atoms with Gasteiger partial charge in [-0.05, 0) is 58.3 Å². The van der Waals surface area contributed by atoms with Crippen LogP contribution in [0.15, 0.2) is 18.2 Å². The van der Waals surface area contributed by atoms with Crippen LogP contribution in [0.2, 0.25) is 0 Å².